The zero-order chi connectivity index (χ0) is 47.8. The molecule has 1 spiro atoms. The van der Waals surface area contributed by atoms with Gasteiger partial charge < -0.3 is 39.9 Å². The van der Waals surface area contributed by atoms with Crippen LogP contribution in [-0.2, 0) is 29.4 Å². The van der Waals surface area contributed by atoms with Gasteiger partial charge in [-0.2, -0.15) is 0 Å². The Kier molecular flexibility index (Phi) is 11.8. The molecule has 2 aromatic carbocycles. The standard InChI is InChI=1S/C53H66N10O6/c1-33(2)62-32-55-43-31-42(56-47(54)46(43)62)36-8-12-41-44(28-36)63(39-29-38(30-39)58-20-4-3-5-21-58)50(67)52(41)16-24-61(25-17-52)51(68)53(69)18-26-60(27-19-53)49(66)35-14-22-59(23-15-35)37-9-6-34(7-10-37)40-11-13-45(64)57-48(40)65/h6-10,12,28,31-33,35,38-40,69H,3-5,11,13-27,29-30H2,1-2H3,(H2,54,56)(H,57,64,65). The lowest BCUT2D eigenvalue weighted by Gasteiger charge is -2.48. The third kappa shape index (κ3) is 8.04. The fourth-order valence-corrected chi connectivity index (χ4v) is 12.8. The number of likely N-dealkylation sites (tertiary alicyclic amines) is 3. The van der Waals surface area contributed by atoms with E-state index in [0.717, 1.165) is 78.1 Å². The van der Waals surface area contributed by atoms with Gasteiger partial charge in [-0.05, 0) is 120 Å². The van der Waals surface area contributed by atoms with Gasteiger partial charge in [0.2, 0.25) is 23.6 Å². The molecule has 0 bridgehead atoms. The molecule has 4 N–H and O–H groups in total. The number of nitrogens with two attached hydrogens (primary N) is 1. The van der Waals surface area contributed by atoms with Crippen LogP contribution in [0.5, 0.6) is 0 Å². The number of anilines is 3. The van der Waals surface area contributed by atoms with Crippen molar-refractivity contribution >= 4 is 57.8 Å². The van der Waals surface area contributed by atoms with Gasteiger partial charge in [0.15, 0.2) is 0 Å². The van der Waals surface area contributed by atoms with E-state index in [1.165, 1.54) is 19.3 Å². The Balaban J connectivity index is 0.733. The number of amides is 5. The van der Waals surface area contributed by atoms with E-state index in [9.17, 15) is 24.3 Å². The highest BCUT2D eigenvalue weighted by atomic mass is 16.3. The third-order valence-electron chi connectivity index (χ3n) is 17.1. The van der Waals surface area contributed by atoms with Gasteiger partial charge in [0.25, 0.3) is 5.91 Å². The van der Waals surface area contributed by atoms with Crippen molar-refractivity contribution in [3.63, 3.8) is 0 Å². The number of piperidine rings is 5. The smallest absolute Gasteiger partial charge is 0.254 e. The minimum absolute atomic E-state index is 0.0822. The first kappa shape index (κ1) is 45.6. The number of nitrogens with one attached hydrogen (secondary N) is 1. The lowest BCUT2D eigenvalue weighted by Crippen LogP contribution is -2.60. The number of hydrogen-bond acceptors (Lipinski definition) is 11. The van der Waals surface area contributed by atoms with Crippen molar-refractivity contribution in [1.82, 2.24) is 34.6 Å². The number of aliphatic hydroxyl groups is 1. The van der Waals surface area contributed by atoms with Crippen molar-refractivity contribution in [2.45, 2.75) is 132 Å². The number of nitrogen functional groups attached to an aromatic ring is 1. The highest BCUT2D eigenvalue weighted by molar-refractivity contribution is 6.09. The number of nitrogens with zero attached hydrogens (tertiary/aromatic N) is 8. The number of hydrogen-bond donors (Lipinski definition) is 3. The second kappa shape index (κ2) is 17.8. The van der Waals surface area contributed by atoms with E-state index in [-0.39, 0.29) is 66.3 Å². The van der Waals surface area contributed by atoms with Crippen molar-refractivity contribution in [2.75, 3.05) is 67.9 Å². The maximum absolute atomic E-state index is 15.1. The van der Waals surface area contributed by atoms with Crippen molar-refractivity contribution in [3.8, 4) is 11.3 Å². The van der Waals surface area contributed by atoms with Crippen LogP contribution in [-0.4, -0.2) is 134 Å². The zero-order valence-electron chi connectivity index (χ0n) is 40.1. The number of carbonyl (C=O) groups is 5. The zero-order valence-corrected chi connectivity index (χ0v) is 40.1. The van der Waals surface area contributed by atoms with Gasteiger partial charge in [-0.3, -0.25) is 29.3 Å². The molecule has 2 aromatic heterocycles. The van der Waals surface area contributed by atoms with Crippen LogP contribution in [0.1, 0.15) is 120 Å². The maximum Gasteiger partial charge on any atom is 0.254 e. The Morgan fingerprint density at radius 2 is 1.51 bits per heavy atom. The topological polar surface area (TPSA) is 191 Å². The molecular formula is C53H66N10O6. The summed E-state index contributed by atoms with van der Waals surface area (Å²) in [5.74, 6) is -0.610. The monoisotopic (exact) mass is 939 g/mol. The predicted octanol–water partition coefficient (Wildman–Crippen LogP) is 5.28. The van der Waals surface area contributed by atoms with Crippen molar-refractivity contribution in [2.24, 2.45) is 5.92 Å². The maximum atomic E-state index is 15.1. The van der Waals surface area contributed by atoms with E-state index < -0.39 is 11.0 Å². The first-order valence-electron chi connectivity index (χ1n) is 25.6. The second-order valence-electron chi connectivity index (χ2n) is 21.4. The predicted molar refractivity (Wildman–Crippen MR) is 262 cm³/mol. The summed E-state index contributed by atoms with van der Waals surface area (Å²) in [6, 6.07) is 16.9. The molecule has 69 heavy (non-hydrogen) atoms. The van der Waals surface area contributed by atoms with Gasteiger partial charge in [0.1, 0.15) is 16.9 Å². The molecule has 4 aromatic rings. The molecule has 0 radical (unpaired) electrons. The molecule has 11 rings (SSSR count). The summed E-state index contributed by atoms with van der Waals surface area (Å²) in [7, 11) is 0. The van der Waals surface area contributed by atoms with E-state index in [0.29, 0.717) is 82.3 Å². The van der Waals surface area contributed by atoms with Crippen molar-refractivity contribution < 1.29 is 29.1 Å². The first-order valence-corrected chi connectivity index (χ1v) is 25.6. The van der Waals surface area contributed by atoms with Crippen molar-refractivity contribution in [1.29, 1.82) is 0 Å². The summed E-state index contributed by atoms with van der Waals surface area (Å²) in [6.07, 6.45) is 11.0. The van der Waals surface area contributed by atoms with E-state index >= 15 is 4.79 Å². The van der Waals surface area contributed by atoms with Crippen LogP contribution in [0.2, 0.25) is 0 Å². The Morgan fingerprint density at radius 1 is 0.812 bits per heavy atom. The number of carbonyl (C=O) groups excluding carboxylic acids is 5. The van der Waals surface area contributed by atoms with Gasteiger partial charge in [0, 0.05) is 99.5 Å². The SMILES string of the molecule is CC(C)n1cnc2cc(-c3ccc4c(c3)N(C3CC(N5CCCCC5)C3)C(=O)C43CCN(C(=O)C4(O)CCN(C(=O)C5CCN(c6ccc(C7CCC(=O)NC7=O)cc6)CC5)CC4)CC3)nc(N)c21. The van der Waals surface area contributed by atoms with Crippen LogP contribution >= 0.6 is 0 Å². The summed E-state index contributed by atoms with van der Waals surface area (Å²) >= 11 is 0. The Labute approximate surface area is 403 Å². The average Bonchev–Trinajstić information content (AvgIpc) is 3.89. The fraction of sp³-hybridized carbons (Fsp3) is 0.566. The Bertz CT molecular complexity index is 2660. The molecule has 6 fully saturated rings. The summed E-state index contributed by atoms with van der Waals surface area (Å²) in [4.78, 5) is 87.3. The molecule has 364 valence electrons. The minimum atomic E-state index is -1.57. The molecule has 16 heteroatoms. The first-order chi connectivity index (χ1) is 33.3. The average molecular weight is 939 g/mol. The molecule has 5 amide bonds. The molecule has 8 heterocycles. The summed E-state index contributed by atoms with van der Waals surface area (Å²) in [6.45, 7) is 9.22. The van der Waals surface area contributed by atoms with E-state index in [1.807, 2.05) is 52.2 Å². The molecule has 1 atom stereocenters. The molecule has 1 aliphatic carbocycles. The van der Waals surface area contributed by atoms with Crippen molar-refractivity contribution in [3.05, 3.63) is 66.0 Å². The summed E-state index contributed by atoms with van der Waals surface area (Å²) in [5.41, 5.74) is 11.3. The molecule has 6 aliphatic heterocycles. The number of aromatic nitrogens is 3. The number of fused-ring (bicyclic) bond motifs is 3. The van der Waals surface area contributed by atoms with Crippen LogP contribution in [0.3, 0.4) is 0 Å². The Morgan fingerprint density at radius 3 is 2.19 bits per heavy atom. The Hall–Kier alpha value is -5.87. The van der Waals surface area contributed by atoms with Gasteiger partial charge in [-0.25, -0.2) is 9.97 Å². The van der Waals surface area contributed by atoms with Crippen LogP contribution in [0, 0.1) is 5.92 Å². The van der Waals surface area contributed by atoms with E-state index in [4.69, 9.17) is 10.7 Å². The minimum Gasteiger partial charge on any atom is -0.382 e. The van der Waals surface area contributed by atoms with Crippen LogP contribution in [0.25, 0.3) is 22.3 Å². The summed E-state index contributed by atoms with van der Waals surface area (Å²) in [5, 5.41) is 14.4. The fourth-order valence-electron chi connectivity index (χ4n) is 12.8. The molecule has 5 saturated heterocycles. The normalized spacial score (nSPS) is 25.3. The number of benzene rings is 2. The van der Waals surface area contributed by atoms with E-state index in [2.05, 4.69) is 51.0 Å². The number of imidazole rings is 1. The van der Waals surface area contributed by atoms with E-state index in [1.54, 1.807) is 4.90 Å². The van der Waals surface area contributed by atoms with Crippen LogP contribution < -0.4 is 20.9 Å². The van der Waals surface area contributed by atoms with Gasteiger partial charge in [-0.1, -0.05) is 30.7 Å². The number of imide groups is 1. The van der Waals surface area contributed by atoms with Gasteiger partial charge in [-0.15, -0.1) is 0 Å². The number of rotatable bonds is 8. The molecular weight excluding hydrogens is 873 g/mol. The quantitative estimate of drug-likeness (QED) is 0.195. The molecule has 1 unspecified atom stereocenters. The highest BCUT2D eigenvalue weighted by Crippen LogP contribution is 2.52. The van der Waals surface area contributed by atoms with Crippen LogP contribution in [0.15, 0.2) is 54.9 Å². The molecule has 16 nitrogen and oxygen atoms in total. The second-order valence-corrected chi connectivity index (χ2v) is 21.4. The largest absolute Gasteiger partial charge is 0.382 e. The molecule has 7 aliphatic rings. The van der Waals surface area contributed by atoms with Crippen LogP contribution in [0.4, 0.5) is 17.2 Å². The highest BCUT2D eigenvalue weighted by Gasteiger charge is 2.57. The lowest BCUT2D eigenvalue weighted by atomic mass is 9.73. The number of pyridine rings is 1. The lowest BCUT2D eigenvalue weighted by molar-refractivity contribution is -0.161. The van der Waals surface area contributed by atoms with Gasteiger partial charge in [0.05, 0.1) is 28.9 Å². The molecule has 1 saturated carbocycles. The summed E-state index contributed by atoms with van der Waals surface area (Å²) < 4.78 is 2.03. The third-order valence-corrected chi connectivity index (χ3v) is 17.1. The van der Waals surface area contributed by atoms with Gasteiger partial charge >= 0.3 is 0 Å².